The van der Waals surface area contributed by atoms with Crippen molar-refractivity contribution in [1.29, 1.82) is 0 Å². The predicted octanol–water partition coefficient (Wildman–Crippen LogP) is 3.89. The zero-order chi connectivity index (χ0) is 17.2. The fourth-order valence-corrected chi connectivity index (χ4v) is 2.95. The fraction of sp³-hybridized carbons (Fsp3) is 0.111. The van der Waals surface area contributed by atoms with E-state index in [2.05, 4.69) is 47.2 Å². The molecule has 4 heterocycles. The van der Waals surface area contributed by atoms with E-state index < -0.39 is 0 Å². The SMILES string of the molecule is Cc1nccn1-c1ccc(CNc2ccnc3cc(Br)cnc23)cn1. The van der Waals surface area contributed by atoms with Gasteiger partial charge in [0.25, 0.3) is 0 Å². The van der Waals surface area contributed by atoms with E-state index in [9.17, 15) is 0 Å². The van der Waals surface area contributed by atoms with Crippen LogP contribution in [0.25, 0.3) is 16.9 Å². The molecule has 7 heteroatoms. The van der Waals surface area contributed by atoms with E-state index in [4.69, 9.17) is 0 Å². The van der Waals surface area contributed by atoms with Gasteiger partial charge in [0.1, 0.15) is 17.2 Å². The normalized spacial score (nSPS) is 11.0. The first kappa shape index (κ1) is 15.7. The van der Waals surface area contributed by atoms with Crippen molar-refractivity contribution < 1.29 is 0 Å². The number of aryl methyl sites for hydroxylation is 1. The molecule has 25 heavy (non-hydrogen) atoms. The van der Waals surface area contributed by atoms with Crippen LogP contribution < -0.4 is 5.32 Å². The van der Waals surface area contributed by atoms with Gasteiger partial charge in [0.2, 0.25) is 0 Å². The first-order valence-corrected chi connectivity index (χ1v) is 8.59. The van der Waals surface area contributed by atoms with Gasteiger partial charge in [0.15, 0.2) is 0 Å². The summed E-state index contributed by atoms with van der Waals surface area (Å²) in [5, 5.41) is 3.41. The van der Waals surface area contributed by atoms with Crippen LogP contribution in [-0.4, -0.2) is 24.5 Å². The third-order valence-electron chi connectivity index (χ3n) is 3.91. The lowest BCUT2D eigenvalue weighted by Crippen LogP contribution is -2.03. The molecule has 0 saturated heterocycles. The second-order valence-corrected chi connectivity index (χ2v) is 6.52. The number of halogens is 1. The van der Waals surface area contributed by atoms with Crippen LogP contribution in [-0.2, 0) is 6.54 Å². The Kier molecular flexibility index (Phi) is 4.15. The first-order valence-electron chi connectivity index (χ1n) is 7.80. The summed E-state index contributed by atoms with van der Waals surface area (Å²) in [6, 6.07) is 7.94. The molecule has 0 spiro atoms. The summed E-state index contributed by atoms with van der Waals surface area (Å²) in [6.45, 7) is 2.62. The molecular formula is C18H15BrN6. The molecule has 0 aliphatic carbocycles. The molecule has 6 nitrogen and oxygen atoms in total. The molecule has 0 fully saturated rings. The number of anilines is 1. The zero-order valence-electron chi connectivity index (χ0n) is 13.5. The molecule has 0 radical (unpaired) electrons. The molecule has 0 aromatic carbocycles. The molecule has 4 aromatic rings. The van der Waals surface area contributed by atoms with E-state index in [0.717, 1.165) is 38.4 Å². The predicted molar refractivity (Wildman–Crippen MR) is 101 cm³/mol. The number of nitrogens with zero attached hydrogens (tertiary/aromatic N) is 5. The number of nitrogens with one attached hydrogen (secondary N) is 1. The molecule has 0 aliphatic rings. The molecule has 0 amide bonds. The van der Waals surface area contributed by atoms with Crippen molar-refractivity contribution in [2.75, 3.05) is 5.32 Å². The van der Waals surface area contributed by atoms with Crippen molar-refractivity contribution >= 4 is 32.7 Å². The van der Waals surface area contributed by atoms with Gasteiger partial charge in [-0.05, 0) is 46.6 Å². The summed E-state index contributed by atoms with van der Waals surface area (Å²) >= 11 is 3.42. The van der Waals surface area contributed by atoms with Crippen LogP contribution in [0.3, 0.4) is 0 Å². The maximum Gasteiger partial charge on any atom is 0.137 e. The van der Waals surface area contributed by atoms with E-state index >= 15 is 0 Å². The van der Waals surface area contributed by atoms with Crippen molar-refractivity contribution in [2.45, 2.75) is 13.5 Å². The maximum atomic E-state index is 4.52. The Balaban J connectivity index is 1.53. The number of hydrogen-bond acceptors (Lipinski definition) is 5. The number of hydrogen-bond donors (Lipinski definition) is 1. The minimum Gasteiger partial charge on any atom is -0.379 e. The molecule has 0 aliphatic heterocycles. The van der Waals surface area contributed by atoms with Gasteiger partial charge < -0.3 is 5.32 Å². The highest BCUT2D eigenvalue weighted by Crippen LogP contribution is 2.22. The van der Waals surface area contributed by atoms with Crippen LogP contribution in [0.2, 0.25) is 0 Å². The largest absolute Gasteiger partial charge is 0.379 e. The number of fused-ring (bicyclic) bond motifs is 1. The van der Waals surface area contributed by atoms with Crippen LogP contribution >= 0.6 is 15.9 Å². The topological polar surface area (TPSA) is 68.5 Å². The van der Waals surface area contributed by atoms with E-state index in [0.29, 0.717) is 6.54 Å². The third kappa shape index (κ3) is 3.23. The van der Waals surface area contributed by atoms with Crippen molar-refractivity contribution in [3.05, 3.63) is 71.1 Å². The molecule has 1 N–H and O–H groups in total. The van der Waals surface area contributed by atoms with E-state index in [1.165, 1.54) is 0 Å². The van der Waals surface area contributed by atoms with Gasteiger partial charge in [0.05, 0.1) is 11.2 Å². The Morgan fingerprint density at radius 3 is 2.72 bits per heavy atom. The quantitative estimate of drug-likeness (QED) is 0.568. The van der Waals surface area contributed by atoms with Crippen molar-refractivity contribution in [3.8, 4) is 5.82 Å². The monoisotopic (exact) mass is 394 g/mol. The van der Waals surface area contributed by atoms with Crippen LogP contribution in [0.4, 0.5) is 5.69 Å². The van der Waals surface area contributed by atoms with Gasteiger partial charge in [0, 0.05) is 42.0 Å². The lowest BCUT2D eigenvalue weighted by molar-refractivity contribution is 0.926. The number of rotatable bonds is 4. The minimum atomic E-state index is 0.660. The van der Waals surface area contributed by atoms with E-state index in [1.54, 1.807) is 18.6 Å². The second-order valence-electron chi connectivity index (χ2n) is 5.60. The van der Waals surface area contributed by atoms with Gasteiger partial charge >= 0.3 is 0 Å². The highest BCUT2D eigenvalue weighted by Gasteiger charge is 2.05. The summed E-state index contributed by atoms with van der Waals surface area (Å²) in [5.74, 6) is 1.78. The summed E-state index contributed by atoms with van der Waals surface area (Å²) in [4.78, 5) is 17.5. The maximum absolute atomic E-state index is 4.52. The minimum absolute atomic E-state index is 0.660. The van der Waals surface area contributed by atoms with Gasteiger partial charge in [-0.25, -0.2) is 9.97 Å². The molecule has 0 saturated carbocycles. The molecule has 124 valence electrons. The Morgan fingerprint density at radius 1 is 1.04 bits per heavy atom. The third-order valence-corrected chi connectivity index (χ3v) is 4.34. The zero-order valence-corrected chi connectivity index (χ0v) is 15.1. The Bertz CT molecular complexity index is 1030. The van der Waals surface area contributed by atoms with Crippen molar-refractivity contribution in [1.82, 2.24) is 24.5 Å². The summed E-state index contributed by atoms with van der Waals surface area (Å²) < 4.78 is 2.87. The molecule has 0 atom stereocenters. The molecular weight excluding hydrogens is 380 g/mol. The Morgan fingerprint density at radius 2 is 1.96 bits per heavy atom. The number of imidazole rings is 1. The van der Waals surface area contributed by atoms with Gasteiger partial charge in [-0.15, -0.1) is 0 Å². The smallest absolute Gasteiger partial charge is 0.137 e. The summed E-state index contributed by atoms with van der Waals surface area (Å²) in [6.07, 6.45) is 9.10. The van der Waals surface area contributed by atoms with Crippen molar-refractivity contribution in [3.63, 3.8) is 0 Å². The lowest BCUT2D eigenvalue weighted by atomic mass is 10.2. The van der Waals surface area contributed by atoms with Crippen LogP contribution in [0.5, 0.6) is 0 Å². The summed E-state index contributed by atoms with van der Waals surface area (Å²) in [7, 11) is 0. The molecule has 4 rings (SSSR count). The average Bonchev–Trinajstić information content (AvgIpc) is 3.06. The van der Waals surface area contributed by atoms with Crippen molar-refractivity contribution in [2.24, 2.45) is 0 Å². The summed E-state index contributed by atoms with van der Waals surface area (Å²) in [5.41, 5.74) is 3.74. The Hall–Kier alpha value is -2.80. The first-order chi connectivity index (χ1) is 12.2. The standard InChI is InChI=1S/C18H15BrN6/c1-12-20-6-7-25(12)17-3-2-13(10-23-17)9-22-15-4-5-21-16-8-14(19)11-24-18(15)16/h2-8,10-11H,9H2,1H3,(H,21,22). The van der Waals surface area contributed by atoms with Gasteiger partial charge in [-0.3, -0.25) is 14.5 Å². The van der Waals surface area contributed by atoms with E-state index in [1.807, 2.05) is 42.1 Å². The molecule has 0 unspecified atom stereocenters. The Labute approximate surface area is 153 Å². The highest BCUT2D eigenvalue weighted by atomic mass is 79.9. The number of aromatic nitrogens is 5. The lowest BCUT2D eigenvalue weighted by Gasteiger charge is -2.10. The molecule has 4 aromatic heterocycles. The number of pyridine rings is 3. The fourth-order valence-electron chi connectivity index (χ4n) is 2.63. The van der Waals surface area contributed by atoms with Crippen LogP contribution in [0.1, 0.15) is 11.4 Å². The average molecular weight is 395 g/mol. The highest BCUT2D eigenvalue weighted by molar-refractivity contribution is 9.10. The van der Waals surface area contributed by atoms with E-state index in [-0.39, 0.29) is 0 Å². The molecule has 0 bridgehead atoms. The van der Waals surface area contributed by atoms with Gasteiger partial charge in [-0.1, -0.05) is 6.07 Å². The van der Waals surface area contributed by atoms with Crippen LogP contribution in [0, 0.1) is 6.92 Å². The van der Waals surface area contributed by atoms with Crippen LogP contribution in [0.15, 0.2) is 59.7 Å². The second kappa shape index (κ2) is 6.60. The van der Waals surface area contributed by atoms with Gasteiger partial charge in [-0.2, -0.15) is 0 Å².